The van der Waals surface area contributed by atoms with Crippen LogP contribution < -0.4 is 10.6 Å². The molecule has 0 aliphatic carbocycles. The van der Waals surface area contributed by atoms with E-state index < -0.39 is 0 Å². The van der Waals surface area contributed by atoms with Crippen LogP contribution in [0.4, 0.5) is 15.3 Å². The highest BCUT2D eigenvalue weighted by Gasteiger charge is 2.13. The smallest absolute Gasteiger partial charge is 0.188 e. The molecule has 4 nitrogen and oxygen atoms in total. The van der Waals surface area contributed by atoms with Gasteiger partial charge in [0.2, 0.25) is 0 Å². The van der Waals surface area contributed by atoms with E-state index in [1.807, 2.05) is 18.3 Å². The van der Waals surface area contributed by atoms with Gasteiger partial charge in [-0.15, -0.1) is 12.4 Å². The summed E-state index contributed by atoms with van der Waals surface area (Å²) in [5, 5.41) is 7.56. The van der Waals surface area contributed by atoms with Crippen molar-refractivity contribution < 1.29 is 4.39 Å². The van der Waals surface area contributed by atoms with Crippen LogP contribution in [-0.4, -0.2) is 23.1 Å². The van der Waals surface area contributed by atoms with Crippen LogP contribution in [0.3, 0.4) is 0 Å². The van der Waals surface area contributed by atoms with Crippen molar-refractivity contribution in [1.29, 1.82) is 0 Å². The van der Waals surface area contributed by atoms with E-state index in [0.717, 1.165) is 46.6 Å². The summed E-state index contributed by atoms with van der Waals surface area (Å²) >= 11 is 1.54. The molecule has 0 amide bonds. The second kappa shape index (κ2) is 9.96. The Hall–Kier alpha value is -2.02. The SMILES string of the molecule is Cl.Fc1ccc(-c2cnc(Nc3cccc(CC4CCCNCC4)n3)s2)cc1. The first-order chi connectivity index (χ1) is 13.3. The summed E-state index contributed by atoms with van der Waals surface area (Å²) < 4.78 is 13.1. The van der Waals surface area contributed by atoms with Crippen LogP contribution in [0.2, 0.25) is 0 Å². The zero-order chi connectivity index (χ0) is 18.5. The Balaban J connectivity index is 0.00000225. The van der Waals surface area contributed by atoms with Gasteiger partial charge < -0.3 is 10.6 Å². The summed E-state index contributed by atoms with van der Waals surface area (Å²) in [5.74, 6) is 1.29. The molecule has 3 aromatic rings. The number of hydrogen-bond donors (Lipinski definition) is 2. The first-order valence-corrected chi connectivity index (χ1v) is 10.2. The third kappa shape index (κ3) is 5.50. The molecule has 1 aromatic carbocycles. The van der Waals surface area contributed by atoms with Crippen LogP contribution in [0.25, 0.3) is 10.4 Å². The Morgan fingerprint density at radius 3 is 2.82 bits per heavy atom. The molecular weight excluding hydrogens is 395 g/mol. The van der Waals surface area contributed by atoms with E-state index in [0.29, 0.717) is 5.92 Å². The van der Waals surface area contributed by atoms with Gasteiger partial charge in [-0.1, -0.05) is 29.5 Å². The molecule has 0 saturated carbocycles. The summed E-state index contributed by atoms with van der Waals surface area (Å²) in [5.41, 5.74) is 2.09. The van der Waals surface area contributed by atoms with Gasteiger partial charge >= 0.3 is 0 Å². The molecule has 3 heterocycles. The third-order valence-corrected chi connectivity index (χ3v) is 5.83. The fourth-order valence-corrected chi connectivity index (χ4v) is 4.27. The summed E-state index contributed by atoms with van der Waals surface area (Å²) in [6.45, 7) is 2.24. The lowest BCUT2D eigenvalue weighted by atomic mass is 9.95. The van der Waals surface area contributed by atoms with Crippen LogP contribution in [0.1, 0.15) is 25.0 Å². The molecule has 1 aliphatic rings. The highest BCUT2D eigenvalue weighted by atomic mass is 35.5. The maximum atomic E-state index is 13.1. The van der Waals surface area contributed by atoms with Crippen LogP contribution in [-0.2, 0) is 6.42 Å². The zero-order valence-corrected chi connectivity index (χ0v) is 17.2. The number of hydrogen-bond acceptors (Lipinski definition) is 5. The minimum atomic E-state index is -0.230. The number of pyridine rings is 1. The van der Waals surface area contributed by atoms with Crippen LogP contribution in [0.15, 0.2) is 48.7 Å². The minimum absolute atomic E-state index is 0. The third-order valence-electron chi connectivity index (χ3n) is 4.87. The van der Waals surface area contributed by atoms with Crippen molar-refractivity contribution in [2.24, 2.45) is 5.92 Å². The quantitative estimate of drug-likeness (QED) is 0.579. The molecule has 2 N–H and O–H groups in total. The van der Waals surface area contributed by atoms with E-state index in [-0.39, 0.29) is 18.2 Å². The van der Waals surface area contributed by atoms with Gasteiger partial charge in [0.15, 0.2) is 5.13 Å². The van der Waals surface area contributed by atoms with Gasteiger partial charge in [-0.3, -0.25) is 0 Å². The molecule has 0 radical (unpaired) electrons. The van der Waals surface area contributed by atoms with E-state index >= 15 is 0 Å². The number of nitrogens with zero attached hydrogens (tertiary/aromatic N) is 2. The van der Waals surface area contributed by atoms with Crippen LogP contribution >= 0.6 is 23.7 Å². The van der Waals surface area contributed by atoms with Gasteiger partial charge in [0, 0.05) is 11.9 Å². The number of nitrogens with one attached hydrogen (secondary N) is 2. The van der Waals surface area contributed by atoms with Crippen molar-refractivity contribution in [1.82, 2.24) is 15.3 Å². The minimum Gasteiger partial charge on any atom is -0.317 e. The molecule has 7 heteroatoms. The van der Waals surface area contributed by atoms with E-state index in [9.17, 15) is 4.39 Å². The Kier molecular flexibility index (Phi) is 7.36. The highest BCUT2D eigenvalue weighted by molar-refractivity contribution is 7.18. The number of thiazole rings is 1. The van der Waals surface area contributed by atoms with Crippen LogP contribution in [0, 0.1) is 11.7 Å². The fraction of sp³-hybridized carbons (Fsp3) is 0.333. The van der Waals surface area contributed by atoms with Gasteiger partial charge in [0.05, 0.1) is 4.88 Å². The number of halogens is 2. The predicted molar refractivity (Wildman–Crippen MR) is 116 cm³/mol. The average Bonchev–Trinajstić information content (AvgIpc) is 2.98. The van der Waals surface area contributed by atoms with E-state index in [4.69, 9.17) is 4.98 Å². The van der Waals surface area contributed by atoms with Gasteiger partial charge in [-0.05, 0) is 74.5 Å². The Labute approximate surface area is 175 Å². The maximum Gasteiger partial charge on any atom is 0.188 e. The lowest BCUT2D eigenvalue weighted by Crippen LogP contribution is -2.14. The monoisotopic (exact) mass is 418 g/mol. The van der Waals surface area contributed by atoms with Crippen molar-refractivity contribution in [3.05, 3.63) is 60.2 Å². The second-order valence-electron chi connectivity index (χ2n) is 6.93. The molecule has 1 aliphatic heterocycles. The topological polar surface area (TPSA) is 49.8 Å². The molecule has 1 unspecified atom stereocenters. The molecule has 4 rings (SSSR count). The first-order valence-electron chi connectivity index (χ1n) is 9.42. The maximum absolute atomic E-state index is 13.1. The highest BCUT2D eigenvalue weighted by Crippen LogP contribution is 2.30. The average molecular weight is 419 g/mol. The predicted octanol–water partition coefficient (Wildman–Crippen LogP) is 5.44. The Bertz CT molecular complexity index is 876. The second-order valence-corrected chi connectivity index (χ2v) is 7.96. The van der Waals surface area contributed by atoms with Gasteiger partial charge in [-0.2, -0.15) is 0 Å². The van der Waals surface area contributed by atoms with E-state index in [1.165, 1.54) is 42.7 Å². The summed E-state index contributed by atoms with van der Waals surface area (Å²) in [7, 11) is 0. The first kappa shape index (κ1) is 20.7. The van der Waals surface area contributed by atoms with Gasteiger partial charge in [0.1, 0.15) is 11.6 Å². The summed E-state index contributed by atoms with van der Waals surface area (Å²) in [6, 6.07) is 12.6. The van der Waals surface area contributed by atoms with Gasteiger partial charge in [-0.25, -0.2) is 14.4 Å². The van der Waals surface area contributed by atoms with E-state index in [2.05, 4.69) is 21.7 Å². The van der Waals surface area contributed by atoms with Gasteiger partial charge in [0.25, 0.3) is 0 Å². The Morgan fingerprint density at radius 2 is 1.96 bits per heavy atom. The van der Waals surface area contributed by atoms with Crippen molar-refractivity contribution >= 4 is 34.7 Å². The molecule has 28 heavy (non-hydrogen) atoms. The lowest BCUT2D eigenvalue weighted by Gasteiger charge is -2.13. The zero-order valence-electron chi connectivity index (χ0n) is 15.5. The summed E-state index contributed by atoms with van der Waals surface area (Å²) in [4.78, 5) is 10.2. The summed E-state index contributed by atoms with van der Waals surface area (Å²) in [6.07, 6.45) is 6.55. The number of anilines is 2. The largest absolute Gasteiger partial charge is 0.317 e. The molecule has 1 fully saturated rings. The molecule has 0 spiro atoms. The number of benzene rings is 1. The van der Waals surface area contributed by atoms with Crippen molar-refractivity contribution in [2.45, 2.75) is 25.7 Å². The van der Waals surface area contributed by atoms with E-state index in [1.54, 1.807) is 12.1 Å². The Morgan fingerprint density at radius 1 is 1.11 bits per heavy atom. The van der Waals surface area contributed by atoms with Crippen molar-refractivity contribution in [3.8, 4) is 10.4 Å². The number of aromatic nitrogens is 2. The molecule has 148 valence electrons. The normalized spacial score (nSPS) is 16.8. The molecule has 1 atom stereocenters. The standard InChI is InChI=1S/C21H23FN4S.ClH/c22-17-8-6-16(7-9-17)19-14-24-21(27-19)26-20-5-1-4-18(25-20)13-15-3-2-11-23-12-10-15;/h1,4-9,14-15,23H,2-3,10-13H2,(H,24,25,26);1H. The molecule has 0 bridgehead atoms. The number of rotatable bonds is 5. The van der Waals surface area contributed by atoms with Crippen molar-refractivity contribution in [2.75, 3.05) is 18.4 Å². The molecular formula is C21H24ClFN4S. The molecule has 1 saturated heterocycles. The lowest BCUT2D eigenvalue weighted by molar-refractivity contribution is 0.465. The fourth-order valence-electron chi connectivity index (χ4n) is 3.44. The van der Waals surface area contributed by atoms with Crippen LogP contribution in [0.5, 0.6) is 0 Å². The van der Waals surface area contributed by atoms with Crippen molar-refractivity contribution in [3.63, 3.8) is 0 Å². The molecule has 2 aromatic heterocycles.